The lowest BCUT2D eigenvalue weighted by molar-refractivity contribution is -0.155. The van der Waals surface area contributed by atoms with Crippen molar-refractivity contribution in [2.75, 3.05) is 0 Å². The molecular formula is C17H16O3. The first-order chi connectivity index (χ1) is 9.75. The molecule has 0 saturated carbocycles. The van der Waals surface area contributed by atoms with Gasteiger partial charge in [0.1, 0.15) is 0 Å². The maximum Gasteiger partial charge on any atom is 0.337 e. The van der Waals surface area contributed by atoms with Gasteiger partial charge in [0.15, 0.2) is 6.10 Å². The lowest BCUT2D eigenvalue weighted by atomic mass is 10.1. The molecule has 0 amide bonds. The van der Waals surface area contributed by atoms with E-state index in [-0.39, 0.29) is 6.10 Å². The molecule has 1 N–H and O–H groups in total. The maximum absolute atomic E-state index is 11.5. The number of aryl methyl sites for hydroxylation is 1. The highest BCUT2D eigenvalue weighted by molar-refractivity contribution is 5.74. The van der Waals surface area contributed by atoms with Crippen LogP contribution >= 0.6 is 0 Å². The summed E-state index contributed by atoms with van der Waals surface area (Å²) < 4.78 is 5.89. The molecule has 3 heteroatoms. The molecule has 0 radical (unpaired) electrons. The van der Waals surface area contributed by atoms with Crippen LogP contribution in [0.4, 0.5) is 0 Å². The zero-order chi connectivity index (χ0) is 13.9. The zero-order valence-corrected chi connectivity index (χ0v) is 11.0. The fourth-order valence-corrected chi connectivity index (χ4v) is 2.73. The van der Waals surface area contributed by atoms with Crippen LogP contribution in [0.3, 0.4) is 0 Å². The Balaban J connectivity index is 1.84. The fraction of sp³-hybridized carbons (Fsp3) is 0.235. The predicted octanol–water partition coefficient (Wildman–Crippen LogP) is 3.52. The van der Waals surface area contributed by atoms with Crippen molar-refractivity contribution in [2.24, 2.45) is 0 Å². The van der Waals surface area contributed by atoms with Gasteiger partial charge in [-0.05, 0) is 29.5 Å². The second-order valence-corrected chi connectivity index (χ2v) is 4.99. The van der Waals surface area contributed by atoms with E-state index < -0.39 is 12.1 Å². The van der Waals surface area contributed by atoms with Gasteiger partial charge in [-0.1, -0.05) is 54.6 Å². The lowest BCUT2D eigenvalue weighted by Gasteiger charge is -2.20. The minimum atomic E-state index is -0.944. The highest BCUT2D eigenvalue weighted by Crippen LogP contribution is 2.37. The number of benzene rings is 2. The molecule has 3 nitrogen and oxygen atoms in total. The first kappa shape index (κ1) is 12.9. The molecule has 2 unspecified atom stereocenters. The largest absolute Gasteiger partial charge is 0.479 e. The minimum Gasteiger partial charge on any atom is -0.479 e. The normalized spacial score (nSPS) is 18.5. The van der Waals surface area contributed by atoms with Gasteiger partial charge in [0, 0.05) is 0 Å². The van der Waals surface area contributed by atoms with Gasteiger partial charge in [0.05, 0.1) is 6.10 Å². The molecular weight excluding hydrogens is 252 g/mol. The summed E-state index contributed by atoms with van der Waals surface area (Å²) in [5.74, 6) is -0.944. The number of carboxylic acid groups (broad SMARTS) is 1. The molecule has 0 spiro atoms. The Bertz CT molecular complexity index is 607. The molecule has 0 aliphatic heterocycles. The number of rotatable bonds is 4. The SMILES string of the molecule is O=C(O)C(OC1CCc2ccccc21)c1ccccc1. The number of carboxylic acids is 1. The van der Waals surface area contributed by atoms with E-state index in [1.54, 1.807) is 12.1 Å². The van der Waals surface area contributed by atoms with E-state index in [4.69, 9.17) is 4.74 Å². The molecule has 0 saturated heterocycles. The predicted molar refractivity (Wildman–Crippen MR) is 75.4 cm³/mol. The number of aliphatic carboxylic acids is 1. The zero-order valence-electron chi connectivity index (χ0n) is 11.0. The van der Waals surface area contributed by atoms with E-state index in [1.807, 2.05) is 36.4 Å². The molecule has 0 bridgehead atoms. The highest BCUT2D eigenvalue weighted by atomic mass is 16.5. The summed E-state index contributed by atoms with van der Waals surface area (Å²) in [6, 6.07) is 17.2. The van der Waals surface area contributed by atoms with E-state index in [9.17, 15) is 9.90 Å². The number of fused-ring (bicyclic) bond motifs is 1. The third-order valence-electron chi connectivity index (χ3n) is 3.70. The third kappa shape index (κ3) is 2.45. The Kier molecular flexibility index (Phi) is 3.52. The van der Waals surface area contributed by atoms with Crippen molar-refractivity contribution in [3.8, 4) is 0 Å². The van der Waals surface area contributed by atoms with Crippen LogP contribution in [0.1, 0.15) is 35.3 Å². The van der Waals surface area contributed by atoms with E-state index in [0.29, 0.717) is 5.56 Å². The summed E-state index contributed by atoms with van der Waals surface area (Å²) in [5, 5.41) is 9.41. The summed E-state index contributed by atoms with van der Waals surface area (Å²) in [5.41, 5.74) is 3.06. The molecule has 102 valence electrons. The quantitative estimate of drug-likeness (QED) is 0.922. The summed E-state index contributed by atoms with van der Waals surface area (Å²) in [6.07, 6.45) is 0.748. The minimum absolute atomic E-state index is 0.132. The Morgan fingerprint density at radius 2 is 1.80 bits per heavy atom. The summed E-state index contributed by atoms with van der Waals surface area (Å²) in [4.78, 5) is 11.5. The number of hydrogen-bond acceptors (Lipinski definition) is 2. The van der Waals surface area contributed by atoms with Crippen LogP contribution in [0.5, 0.6) is 0 Å². The third-order valence-corrected chi connectivity index (χ3v) is 3.70. The van der Waals surface area contributed by atoms with Crippen molar-refractivity contribution in [3.05, 3.63) is 71.3 Å². The number of hydrogen-bond donors (Lipinski definition) is 1. The van der Waals surface area contributed by atoms with Gasteiger partial charge in [-0.2, -0.15) is 0 Å². The van der Waals surface area contributed by atoms with Crippen LogP contribution in [0.15, 0.2) is 54.6 Å². The van der Waals surface area contributed by atoms with Gasteiger partial charge >= 0.3 is 5.97 Å². The van der Waals surface area contributed by atoms with Crippen LogP contribution < -0.4 is 0 Å². The molecule has 1 aliphatic carbocycles. The monoisotopic (exact) mass is 268 g/mol. The van der Waals surface area contributed by atoms with Crippen molar-refractivity contribution in [2.45, 2.75) is 25.0 Å². The molecule has 2 aromatic carbocycles. The van der Waals surface area contributed by atoms with Crippen LogP contribution in [-0.4, -0.2) is 11.1 Å². The van der Waals surface area contributed by atoms with Gasteiger partial charge in [-0.3, -0.25) is 0 Å². The Labute approximate surface area is 117 Å². The first-order valence-corrected chi connectivity index (χ1v) is 6.76. The van der Waals surface area contributed by atoms with Crippen LogP contribution in [0.25, 0.3) is 0 Å². The average Bonchev–Trinajstić information content (AvgIpc) is 2.88. The first-order valence-electron chi connectivity index (χ1n) is 6.76. The summed E-state index contributed by atoms with van der Waals surface area (Å²) in [6.45, 7) is 0. The van der Waals surface area contributed by atoms with Crippen LogP contribution in [0, 0.1) is 0 Å². The van der Waals surface area contributed by atoms with E-state index in [2.05, 4.69) is 6.07 Å². The molecule has 0 aromatic heterocycles. The van der Waals surface area contributed by atoms with E-state index >= 15 is 0 Å². The molecule has 3 rings (SSSR count). The van der Waals surface area contributed by atoms with Crippen molar-refractivity contribution < 1.29 is 14.6 Å². The number of ether oxygens (including phenoxy) is 1. The second kappa shape index (κ2) is 5.47. The van der Waals surface area contributed by atoms with Crippen molar-refractivity contribution >= 4 is 5.97 Å². The Hall–Kier alpha value is -2.13. The molecule has 20 heavy (non-hydrogen) atoms. The molecule has 2 atom stereocenters. The van der Waals surface area contributed by atoms with Crippen LogP contribution in [-0.2, 0) is 16.0 Å². The topological polar surface area (TPSA) is 46.5 Å². The van der Waals surface area contributed by atoms with Gasteiger partial charge in [-0.25, -0.2) is 4.79 Å². The molecule has 2 aromatic rings. The van der Waals surface area contributed by atoms with E-state index in [1.165, 1.54) is 5.56 Å². The molecule has 0 fully saturated rings. The highest BCUT2D eigenvalue weighted by Gasteiger charge is 2.29. The fourth-order valence-electron chi connectivity index (χ4n) is 2.73. The molecule has 0 heterocycles. The van der Waals surface area contributed by atoms with Crippen molar-refractivity contribution in [1.82, 2.24) is 0 Å². The summed E-state index contributed by atoms with van der Waals surface area (Å²) in [7, 11) is 0. The average molecular weight is 268 g/mol. The Morgan fingerprint density at radius 1 is 1.10 bits per heavy atom. The smallest absolute Gasteiger partial charge is 0.337 e. The second-order valence-electron chi connectivity index (χ2n) is 4.99. The van der Waals surface area contributed by atoms with E-state index in [0.717, 1.165) is 18.4 Å². The van der Waals surface area contributed by atoms with Gasteiger partial charge in [-0.15, -0.1) is 0 Å². The Morgan fingerprint density at radius 3 is 2.55 bits per heavy atom. The van der Waals surface area contributed by atoms with Crippen molar-refractivity contribution in [3.63, 3.8) is 0 Å². The van der Waals surface area contributed by atoms with Gasteiger partial charge < -0.3 is 9.84 Å². The standard InChI is InChI=1S/C17H16O3/c18-17(19)16(13-7-2-1-3-8-13)20-15-11-10-12-6-4-5-9-14(12)15/h1-9,15-16H,10-11H2,(H,18,19). The van der Waals surface area contributed by atoms with Crippen LogP contribution in [0.2, 0.25) is 0 Å². The number of carbonyl (C=O) groups is 1. The van der Waals surface area contributed by atoms with Gasteiger partial charge in [0.25, 0.3) is 0 Å². The van der Waals surface area contributed by atoms with Gasteiger partial charge in [0.2, 0.25) is 0 Å². The molecule has 1 aliphatic rings. The summed E-state index contributed by atoms with van der Waals surface area (Å²) >= 11 is 0. The lowest BCUT2D eigenvalue weighted by Crippen LogP contribution is -2.17. The van der Waals surface area contributed by atoms with Crippen molar-refractivity contribution in [1.29, 1.82) is 0 Å². The maximum atomic E-state index is 11.5.